The highest BCUT2D eigenvalue weighted by Crippen LogP contribution is 2.12. The average molecular weight is 471 g/mol. The summed E-state index contributed by atoms with van der Waals surface area (Å²) in [6.07, 6.45) is 0. The van der Waals surface area contributed by atoms with Crippen molar-refractivity contribution in [1.29, 1.82) is 0 Å². The molecule has 7 heteroatoms. The van der Waals surface area contributed by atoms with E-state index in [1.165, 1.54) is 0 Å². The van der Waals surface area contributed by atoms with E-state index >= 15 is 0 Å². The van der Waals surface area contributed by atoms with Gasteiger partial charge < -0.3 is 20.4 Å². The molecule has 1 heterocycles. The van der Waals surface area contributed by atoms with Gasteiger partial charge in [0.2, 0.25) is 5.89 Å². The van der Waals surface area contributed by atoms with E-state index in [1.54, 1.807) is 7.05 Å². The quantitative estimate of drug-likeness (QED) is 0.326. The van der Waals surface area contributed by atoms with E-state index in [4.69, 9.17) is 4.42 Å². The minimum absolute atomic E-state index is 0. The maximum absolute atomic E-state index is 5.58. The van der Waals surface area contributed by atoms with E-state index in [9.17, 15) is 0 Å². The first-order valence-electron chi connectivity index (χ1n) is 8.68. The van der Waals surface area contributed by atoms with E-state index in [0.717, 1.165) is 29.6 Å². The van der Waals surface area contributed by atoms with E-state index in [0.29, 0.717) is 18.4 Å². The number of para-hydroxylation sites is 1. The molecule has 6 nitrogen and oxygen atoms in total. The topological polar surface area (TPSA) is 74.5 Å². The summed E-state index contributed by atoms with van der Waals surface area (Å²) in [5.41, 5.74) is 2.04. The van der Waals surface area contributed by atoms with Crippen LogP contribution in [0, 0.1) is 19.8 Å². The number of nitrogens with zero attached hydrogens (tertiary/aromatic N) is 2. The van der Waals surface area contributed by atoms with E-state index < -0.39 is 0 Å². The molecule has 1 aromatic heterocycles. The third kappa shape index (κ3) is 6.86. The fraction of sp³-hybridized carbons (Fsp3) is 0.474. The molecule has 144 valence electrons. The highest BCUT2D eigenvalue weighted by Gasteiger charge is 2.14. The molecule has 3 N–H and O–H groups in total. The van der Waals surface area contributed by atoms with Gasteiger partial charge in [0.1, 0.15) is 5.76 Å². The lowest BCUT2D eigenvalue weighted by Gasteiger charge is -2.25. The van der Waals surface area contributed by atoms with Crippen LogP contribution in [-0.4, -0.2) is 30.6 Å². The van der Waals surface area contributed by atoms with Gasteiger partial charge >= 0.3 is 0 Å². The zero-order valence-corrected chi connectivity index (χ0v) is 18.5. The van der Waals surface area contributed by atoms with Gasteiger partial charge in [-0.3, -0.25) is 4.99 Å². The maximum atomic E-state index is 5.58. The predicted molar refractivity (Wildman–Crippen MR) is 118 cm³/mol. The Morgan fingerprint density at radius 1 is 1.15 bits per heavy atom. The van der Waals surface area contributed by atoms with Crippen LogP contribution in [0.25, 0.3) is 0 Å². The number of aromatic nitrogens is 1. The van der Waals surface area contributed by atoms with Gasteiger partial charge in [-0.2, -0.15) is 0 Å². The van der Waals surface area contributed by atoms with Crippen LogP contribution in [0.1, 0.15) is 31.2 Å². The number of halogens is 1. The Labute approximate surface area is 173 Å². The monoisotopic (exact) mass is 471 g/mol. The van der Waals surface area contributed by atoms with Crippen LogP contribution in [0.15, 0.2) is 39.7 Å². The SMILES string of the molecule is CN=C(NCc1nc(C)c(C)o1)NCC(Nc1ccccc1)C(C)C.I. The van der Waals surface area contributed by atoms with Gasteiger partial charge in [-0.15, -0.1) is 24.0 Å². The Hall–Kier alpha value is -1.77. The van der Waals surface area contributed by atoms with Crippen molar-refractivity contribution in [2.24, 2.45) is 10.9 Å². The van der Waals surface area contributed by atoms with Crippen LogP contribution in [0.4, 0.5) is 5.69 Å². The minimum atomic E-state index is 0. The predicted octanol–water partition coefficient (Wildman–Crippen LogP) is 3.71. The largest absolute Gasteiger partial charge is 0.444 e. The molecule has 2 aromatic rings. The van der Waals surface area contributed by atoms with Crippen LogP contribution < -0.4 is 16.0 Å². The summed E-state index contributed by atoms with van der Waals surface area (Å²) < 4.78 is 5.58. The molecule has 1 aromatic carbocycles. The first kappa shape index (κ1) is 22.3. The smallest absolute Gasteiger partial charge is 0.214 e. The molecule has 1 unspecified atom stereocenters. The molecule has 0 amide bonds. The van der Waals surface area contributed by atoms with Gasteiger partial charge in [0.05, 0.1) is 12.2 Å². The zero-order chi connectivity index (χ0) is 18.2. The van der Waals surface area contributed by atoms with Crippen molar-refractivity contribution in [3.05, 3.63) is 47.7 Å². The highest BCUT2D eigenvalue weighted by atomic mass is 127. The molecule has 0 saturated carbocycles. The lowest BCUT2D eigenvalue weighted by molar-refractivity contribution is 0.462. The summed E-state index contributed by atoms with van der Waals surface area (Å²) in [7, 11) is 1.76. The van der Waals surface area contributed by atoms with Crippen LogP contribution in [0.3, 0.4) is 0 Å². The molecular weight excluding hydrogens is 441 g/mol. The van der Waals surface area contributed by atoms with Crippen LogP contribution in [0.5, 0.6) is 0 Å². The second-order valence-corrected chi connectivity index (χ2v) is 6.42. The number of benzene rings is 1. The standard InChI is InChI=1S/C19H29N5O.HI/c1-13(2)17(24-16-9-7-6-8-10-16)11-21-19(20-5)22-12-18-23-14(3)15(4)25-18;/h6-10,13,17,24H,11-12H2,1-5H3,(H2,20,21,22);1H. The molecular formula is C19H30IN5O. The second-order valence-electron chi connectivity index (χ2n) is 6.42. The number of aryl methyl sites for hydroxylation is 2. The molecule has 0 aliphatic heterocycles. The Balaban J connectivity index is 0.00000338. The summed E-state index contributed by atoms with van der Waals surface area (Å²) in [5.74, 6) is 2.73. The van der Waals surface area contributed by atoms with Crippen molar-refractivity contribution < 1.29 is 4.42 Å². The number of nitrogens with one attached hydrogen (secondary N) is 3. The molecule has 0 aliphatic rings. The Morgan fingerprint density at radius 2 is 1.85 bits per heavy atom. The van der Waals surface area contributed by atoms with Crippen molar-refractivity contribution in [3.63, 3.8) is 0 Å². The lowest BCUT2D eigenvalue weighted by atomic mass is 10.0. The molecule has 0 radical (unpaired) electrons. The van der Waals surface area contributed by atoms with Gasteiger partial charge in [0.25, 0.3) is 0 Å². The maximum Gasteiger partial charge on any atom is 0.214 e. The van der Waals surface area contributed by atoms with Crippen molar-refractivity contribution >= 4 is 35.6 Å². The minimum Gasteiger partial charge on any atom is -0.444 e. The molecule has 26 heavy (non-hydrogen) atoms. The van der Waals surface area contributed by atoms with E-state index in [2.05, 4.69) is 51.9 Å². The van der Waals surface area contributed by atoms with Gasteiger partial charge in [-0.05, 0) is 31.9 Å². The zero-order valence-electron chi connectivity index (χ0n) is 16.2. The van der Waals surface area contributed by atoms with Crippen molar-refractivity contribution in [1.82, 2.24) is 15.6 Å². The summed E-state index contributed by atoms with van der Waals surface area (Å²) in [5, 5.41) is 10.2. The molecule has 2 rings (SSSR count). The first-order valence-corrected chi connectivity index (χ1v) is 8.68. The third-order valence-electron chi connectivity index (χ3n) is 4.12. The van der Waals surface area contributed by atoms with Crippen molar-refractivity contribution in [2.75, 3.05) is 18.9 Å². The molecule has 0 fully saturated rings. The summed E-state index contributed by atoms with van der Waals surface area (Å²) in [4.78, 5) is 8.64. The van der Waals surface area contributed by atoms with Gasteiger partial charge in [0, 0.05) is 25.3 Å². The Morgan fingerprint density at radius 3 is 2.38 bits per heavy atom. The number of hydrogen-bond acceptors (Lipinski definition) is 4. The van der Waals surface area contributed by atoms with Crippen molar-refractivity contribution in [2.45, 2.75) is 40.3 Å². The molecule has 1 atom stereocenters. The fourth-order valence-corrected chi connectivity index (χ4v) is 2.40. The molecule has 0 aliphatic carbocycles. The fourth-order valence-electron chi connectivity index (χ4n) is 2.40. The molecule has 0 bridgehead atoms. The van der Waals surface area contributed by atoms with Gasteiger partial charge in [-0.1, -0.05) is 32.0 Å². The second kappa shape index (κ2) is 11.1. The number of oxazole rings is 1. The third-order valence-corrected chi connectivity index (χ3v) is 4.12. The van der Waals surface area contributed by atoms with Crippen LogP contribution in [-0.2, 0) is 6.54 Å². The normalized spacial score (nSPS) is 12.5. The number of hydrogen-bond donors (Lipinski definition) is 3. The number of guanidine groups is 1. The van der Waals surface area contributed by atoms with Crippen molar-refractivity contribution in [3.8, 4) is 0 Å². The number of anilines is 1. The van der Waals surface area contributed by atoms with Gasteiger partial charge in [0.15, 0.2) is 5.96 Å². The molecule has 0 saturated heterocycles. The van der Waals surface area contributed by atoms with E-state index in [1.807, 2.05) is 32.0 Å². The Kier molecular flexibility index (Phi) is 9.47. The number of rotatable bonds is 7. The number of aliphatic imine (C=N–C) groups is 1. The van der Waals surface area contributed by atoms with Gasteiger partial charge in [-0.25, -0.2) is 4.98 Å². The molecule has 0 spiro atoms. The van der Waals surface area contributed by atoms with E-state index in [-0.39, 0.29) is 30.0 Å². The summed E-state index contributed by atoms with van der Waals surface area (Å²) >= 11 is 0. The summed E-state index contributed by atoms with van der Waals surface area (Å²) in [6, 6.07) is 10.5. The first-order chi connectivity index (χ1) is 12.0. The summed E-state index contributed by atoms with van der Waals surface area (Å²) in [6.45, 7) is 9.54. The lowest BCUT2D eigenvalue weighted by Crippen LogP contribution is -2.44. The highest BCUT2D eigenvalue weighted by molar-refractivity contribution is 14.0. The van der Waals surface area contributed by atoms with Crippen LogP contribution >= 0.6 is 24.0 Å². The van der Waals surface area contributed by atoms with Crippen LogP contribution in [0.2, 0.25) is 0 Å². The average Bonchev–Trinajstić information content (AvgIpc) is 2.92. The Bertz CT molecular complexity index is 665.